The fourth-order valence-corrected chi connectivity index (χ4v) is 2.95. The lowest BCUT2D eigenvalue weighted by Gasteiger charge is -2.09. The lowest BCUT2D eigenvalue weighted by molar-refractivity contribution is -0.115. The monoisotopic (exact) mass is 389 g/mol. The summed E-state index contributed by atoms with van der Waals surface area (Å²) in [5.41, 5.74) is 2.16. The van der Waals surface area contributed by atoms with E-state index in [1.807, 2.05) is 18.2 Å². The van der Waals surface area contributed by atoms with E-state index in [9.17, 15) is 9.59 Å². The van der Waals surface area contributed by atoms with E-state index in [0.29, 0.717) is 30.2 Å². The van der Waals surface area contributed by atoms with Crippen molar-refractivity contribution in [2.24, 2.45) is 0 Å². The topological polar surface area (TPSA) is 89.5 Å². The van der Waals surface area contributed by atoms with Crippen molar-refractivity contribution in [2.45, 2.75) is 12.2 Å². The quantitative estimate of drug-likeness (QED) is 0.604. The van der Waals surface area contributed by atoms with Crippen molar-refractivity contribution < 1.29 is 19.1 Å². The molecule has 2 rings (SSSR count). The summed E-state index contributed by atoms with van der Waals surface area (Å²) < 4.78 is 9.75. The highest BCUT2D eigenvalue weighted by Gasteiger charge is 2.06. The molecule has 8 heteroatoms. The number of hydrogen-bond acceptors (Lipinski definition) is 6. The normalized spacial score (nSPS) is 10.3. The minimum absolute atomic E-state index is 0.0802. The van der Waals surface area contributed by atoms with Crippen LogP contribution in [0, 0.1) is 0 Å². The van der Waals surface area contributed by atoms with Crippen LogP contribution in [0.2, 0.25) is 0 Å². The summed E-state index contributed by atoms with van der Waals surface area (Å²) in [6.07, 6.45) is 1.59. The zero-order chi connectivity index (χ0) is 19.3. The Balaban J connectivity index is 1.71. The molecule has 0 spiro atoms. The van der Waals surface area contributed by atoms with Gasteiger partial charge in [0.1, 0.15) is 6.61 Å². The summed E-state index contributed by atoms with van der Waals surface area (Å²) in [7, 11) is 1.53. The summed E-state index contributed by atoms with van der Waals surface area (Å²) in [6, 6.07) is 12.7. The van der Waals surface area contributed by atoms with Crippen LogP contribution in [0.3, 0.4) is 0 Å². The molecule has 2 aromatic rings. The predicted molar refractivity (Wildman–Crippen MR) is 107 cm³/mol. The van der Waals surface area contributed by atoms with Gasteiger partial charge >= 0.3 is 6.09 Å². The van der Waals surface area contributed by atoms with Gasteiger partial charge in [-0.2, -0.15) is 11.8 Å². The van der Waals surface area contributed by atoms with Crippen LogP contribution >= 0.6 is 11.8 Å². The summed E-state index contributed by atoms with van der Waals surface area (Å²) >= 11 is 1.66. The van der Waals surface area contributed by atoms with Crippen LogP contribution in [0.15, 0.2) is 48.7 Å². The number of thioether (sulfide) groups is 1. The number of rotatable bonds is 10. The first-order valence-corrected chi connectivity index (χ1v) is 9.63. The Morgan fingerprint density at radius 2 is 1.89 bits per heavy atom. The van der Waals surface area contributed by atoms with Crippen molar-refractivity contribution >= 4 is 35.1 Å². The fraction of sp³-hybridized carbons (Fsp3) is 0.316. The lowest BCUT2D eigenvalue weighted by atomic mass is 10.2. The number of nitrogens with zero attached hydrogens (tertiary/aromatic N) is 1. The van der Waals surface area contributed by atoms with Crippen LogP contribution < -0.4 is 10.6 Å². The van der Waals surface area contributed by atoms with E-state index >= 15 is 0 Å². The first kappa shape index (κ1) is 20.7. The molecule has 0 aliphatic carbocycles. The number of ether oxygens (including phenoxy) is 2. The molecule has 0 radical (unpaired) electrons. The molecule has 0 unspecified atom stereocenters. The maximum Gasteiger partial charge on any atom is 0.411 e. The molecular formula is C19H23N3O4S. The Labute approximate surface area is 162 Å². The van der Waals surface area contributed by atoms with Crippen LogP contribution in [0.1, 0.15) is 12.1 Å². The fourth-order valence-electron chi connectivity index (χ4n) is 2.09. The van der Waals surface area contributed by atoms with E-state index < -0.39 is 6.09 Å². The van der Waals surface area contributed by atoms with Crippen LogP contribution in [0.25, 0.3) is 0 Å². The molecule has 1 heterocycles. The smallest absolute Gasteiger partial charge is 0.411 e. The number of carbonyl (C=O) groups is 2. The van der Waals surface area contributed by atoms with Gasteiger partial charge in [-0.15, -0.1) is 0 Å². The third-order valence-electron chi connectivity index (χ3n) is 3.36. The number of anilines is 2. The van der Waals surface area contributed by atoms with Crippen molar-refractivity contribution in [1.82, 2.24) is 4.98 Å². The number of benzene rings is 1. The molecule has 2 amide bonds. The highest BCUT2D eigenvalue weighted by atomic mass is 32.2. The second-order valence-corrected chi connectivity index (χ2v) is 6.61. The van der Waals surface area contributed by atoms with Crippen LogP contribution in [-0.2, 0) is 20.0 Å². The molecular weight excluding hydrogens is 366 g/mol. The number of nitrogens with one attached hydrogen (secondary N) is 2. The van der Waals surface area contributed by atoms with Crippen molar-refractivity contribution in [2.75, 3.05) is 36.7 Å². The number of hydrogen-bond donors (Lipinski definition) is 2. The zero-order valence-electron chi connectivity index (χ0n) is 15.1. The molecule has 7 nitrogen and oxygen atoms in total. The number of pyridine rings is 1. The third-order valence-corrected chi connectivity index (χ3v) is 4.36. The van der Waals surface area contributed by atoms with E-state index in [1.54, 1.807) is 42.2 Å². The molecule has 0 saturated heterocycles. The van der Waals surface area contributed by atoms with Gasteiger partial charge in [-0.05, 0) is 30.3 Å². The molecule has 0 bridgehead atoms. The van der Waals surface area contributed by atoms with Crippen molar-refractivity contribution in [3.63, 3.8) is 0 Å². The molecule has 2 N–H and O–H groups in total. The standard InChI is InChI=1S/C19H23N3O4S/c1-25-10-11-26-19(24)22-16-7-4-6-15(13-16)21-18(23)8-12-27-14-17-5-2-3-9-20-17/h2-7,9,13H,8,10-12,14H2,1H3,(H,21,23)(H,22,24). The van der Waals surface area contributed by atoms with Gasteiger partial charge in [-0.1, -0.05) is 12.1 Å². The number of methoxy groups -OCH3 is 1. The molecule has 0 atom stereocenters. The van der Waals surface area contributed by atoms with E-state index in [4.69, 9.17) is 9.47 Å². The highest BCUT2D eigenvalue weighted by molar-refractivity contribution is 7.98. The van der Waals surface area contributed by atoms with E-state index in [1.165, 1.54) is 7.11 Å². The molecule has 27 heavy (non-hydrogen) atoms. The predicted octanol–water partition coefficient (Wildman–Crippen LogP) is 3.54. The highest BCUT2D eigenvalue weighted by Crippen LogP contribution is 2.16. The van der Waals surface area contributed by atoms with Crippen molar-refractivity contribution in [1.29, 1.82) is 0 Å². The summed E-state index contributed by atoms with van der Waals surface area (Å²) in [6.45, 7) is 0.511. The molecule has 144 valence electrons. The average Bonchev–Trinajstić information content (AvgIpc) is 2.66. The Hall–Kier alpha value is -2.58. The van der Waals surface area contributed by atoms with Crippen molar-refractivity contribution in [3.05, 3.63) is 54.4 Å². The van der Waals surface area contributed by atoms with Crippen LogP contribution in [0.5, 0.6) is 0 Å². The van der Waals surface area contributed by atoms with Crippen LogP contribution in [0.4, 0.5) is 16.2 Å². The number of aromatic nitrogens is 1. The number of amides is 2. The SMILES string of the molecule is COCCOC(=O)Nc1cccc(NC(=O)CCSCc2ccccn2)c1. The van der Waals surface area contributed by atoms with Gasteiger partial charge in [0.15, 0.2) is 0 Å². The van der Waals surface area contributed by atoms with Gasteiger partial charge in [-0.3, -0.25) is 15.1 Å². The Morgan fingerprint density at radius 1 is 1.07 bits per heavy atom. The minimum Gasteiger partial charge on any atom is -0.447 e. The van der Waals surface area contributed by atoms with Gasteiger partial charge in [0.25, 0.3) is 0 Å². The van der Waals surface area contributed by atoms with Gasteiger partial charge in [0.2, 0.25) is 5.91 Å². The van der Waals surface area contributed by atoms with Gasteiger partial charge in [0, 0.05) is 42.6 Å². The van der Waals surface area contributed by atoms with Gasteiger partial charge < -0.3 is 14.8 Å². The Kier molecular flexibility index (Phi) is 9.15. The van der Waals surface area contributed by atoms with E-state index in [-0.39, 0.29) is 12.5 Å². The lowest BCUT2D eigenvalue weighted by Crippen LogP contribution is -2.17. The molecule has 0 saturated carbocycles. The molecule has 1 aromatic carbocycles. The maximum atomic E-state index is 12.1. The maximum absolute atomic E-state index is 12.1. The first-order chi connectivity index (χ1) is 13.2. The zero-order valence-corrected chi connectivity index (χ0v) is 16.0. The molecule has 0 fully saturated rings. The largest absolute Gasteiger partial charge is 0.447 e. The van der Waals surface area contributed by atoms with E-state index in [2.05, 4.69) is 15.6 Å². The third kappa shape index (κ3) is 8.57. The summed E-state index contributed by atoms with van der Waals surface area (Å²) in [5, 5.41) is 5.43. The Morgan fingerprint density at radius 3 is 2.63 bits per heavy atom. The molecule has 1 aromatic heterocycles. The first-order valence-electron chi connectivity index (χ1n) is 8.47. The summed E-state index contributed by atoms with van der Waals surface area (Å²) in [4.78, 5) is 27.9. The average molecular weight is 389 g/mol. The second-order valence-electron chi connectivity index (χ2n) is 5.51. The van der Waals surface area contributed by atoms with Gasteiger partial charge in [0.05, 0.1) is 12.3 Å². The number of carbonyl (C=O) groups excluding carboxylic acids is 2. The van der Waals surface area contributed by atoms with Crippen LogP contribution in [-0.4, -0.2) is 43.1 Å². The minimum atomic E-state index is -0.568. The second kappa shape index (κ2) is 11.9. The summed E-state index contributed by atoms with van der Waals surface area (Å²) in [5.74, 6) is 1.40. The van der Waals surface area contributed by atoms with Gasteiger partial charge in [-0.25, -0.2) is 4.79 Å². The molecule has 0 aliphatic rings. The Bertz CT molecular complexity index is 728. The van der Waals surface area contributed by atoms with E-state index in [0.717, 1.165) is 11.4 Å². The molecule has 0 aliphatic heterocycles. The van der Waals surface area contributed by atoms with Crippen molar-refractivity contribution in [3.8, 4) is 0 Å².